The van der Waals surface area contributed by atoms with Gasteiger partial charge in [-0.3, -0.25) is 4.79 Å². The number of carbonyl (C=O) groups excluding carboxylic acids is 1. The van der Waals surface area contributed by atoms with Crippen LogP contribution in [0.2, 0.25) is 0 Å². The second-order valence-corrected chi connectivity index (χ2v) is 9.56. The van der Waals surface area contributed by atoms with Crippen molar-refractivity contribution in [3.05, 3.63) is 71.3 Å². The summed E-state index contributed by atoms with van der Waals surface area (Å²) in [6, 6.07) is 11.7. The van der Waals surface area contributed by atoms with Crippen molar-refractivity contribution in [2.45, 2.75) is 75.5 Å². The van der Waals surface area contributed by atoms with Gasteiger partial charge in [0.1, 0.15) is 0 Å². The summed E-state index contributed by atoms with van der Waals surface area (Å²) in [6.45, 7) is 16.6. The predicted molar refractivity (Wildman–Crippen MR) is 119 cm³/mol. The number of hydrogen-bond acceptors (Lipinski definition) is 2. The Kier molecular flexibility index (Phi) is 7.54. The number of benzene rings is 2. The minimum atomic E-state index is -1.42. The van der Waals surface area contributed by atoms with E-state index in [2.05, 4.69) is 60.3 Å². The number of hydrogen-bond donors (Lipinski definition) is 0. The molecule has 150 valence electrons. The summed E-state index contributed by atoms with van der Waals surface area (Å²) in [5.41, 5.74) is 4.01. The van der Waals surface area contributed by atoms with Gasteiger partial charge in [-0.05, 0) is 40.5 Å². The standard InChI is InChI=1S/C25H32O2S/c1-8-11-23(26)20-12-9-10-13-24(20)28(27)25-21(17(4)5)14-19(16(2)3)15-22(25)18(6)7/h8-10,12-18H,1,11H2,2-7H3. The summed E-state index contributed by atoms with van der Waals surface area (Å²) < 4.78 is 13.8. The molecule has 3 heteroatoms. The van der Waals surface area contributed by atoms with E-state index in [1.54, 1.807) is 12.1 Å². The SMILES string of the molecule is C=CCC(=O)c1ccccc1S(=O)c1c(C(C)C)cc(C(C)C)cc1C(C)C. The van der Waals surface area contributed by atoms with E-state index in [4.69, 9.17) is 0 Å². The summed E-state index contributed by atoms with van der Waals surface area (Å²) in [4.78, 5) is 14.0. The summed E-state index contributed by atoms with van der Waals surface area (Å²) in [6.07, 6.45) is 1.84. The Labute approximate surface area is 172 Å². The average molecular weight is 397 g/mol. The highest BCUT2D eigenvalue weighted by Crippen LogP contribution is 2.37. The lowest BCUT2D eigenvalue weighted by molar-refractivity contribution is 0.0993. The van der Waals surface area contributed by atoms with Crippen LogP contribution >= 0.6 is 0 Å². The highest BCUT2D eigenvalue weighted by molar-refractivity contribution is 7.85. The van der Waals surface area contributed by atoms with Crippen LogP contribution in [-0.4, -0.2) is 9.99 Å². The van der Waals surface area contributed by atoms with Crippen LogP contribution in [0.4, 0.5) is 0 Å². The van der Waals surface area contributed by atoms with Crippen LogP contribution in [0, 0.1) is 0 Å². The maximum absolute atomic E-state index is 13.8. The normalized spacial score (nSPS) is 12.6. The van der Waals surface area contributed by atoms with Crippen LogP contribution in [-0.2, 0) is 10.8 Å². The fourth-order valence-electron chi connectivity index (χ4n) is 3.31. The van der Waals surface area contributed by atoms with Crippen molar-refractivity contribution in [3.63, 3.8) is 0 Å². The van der Waals surface area contributed by atoms with Gasteiger partial charge in [0.15, 0.2) is 5.78 Å². The first-order chi connectivity index (χ1) is 13.2. The Bertz CT molecular complexity index is 862. The minimum absolute atomic E-state index is 0.0463. The molecule has 0 aliphatic heterocycles. The van der Waals surface area contributed by atoms with Crippen molar-refractivity contribution in [1.29, 1.82) is 0 Å². The van der Waals surface area contributed by atoms with E-state index in [0.717, 1.165) is 16.0 Å². The summed E-state index contributed by atoms with van der Waals surface area (Å²) >= 11 is 0. The van der Waals surface area contributed by atoms with E-state index in [0.29, 0.717) is 16.4 Å². The lowest BCUT2D eigenvalue weighted by Crippen LogP contribution is -2.11. The number of allylic oxidation sites excluding steroid dienone is 1. The Morgan fingerprint density at radius 1 is 0.964 bits per heavy atom. The molecule has 0 aliphatic carbocycles. The van der Waals surface area contributed by atoms with Crippen molar-refractivity contribution in [2.24, 2.45) is 0 Å². The number of rotatable bonds is 8. The molecule has 0 amide bonds. The molecule has 0 bridgehead atoms. The van der Waals surface area contributed by atoms with Gasteiger partial charge in [0, 0.05) is 12.0 Å². The minimum Gasteiger partial charge on any atom is -0.294 e. The molecule has 0 fully saturated rings. The first kappa shape index (κ1) is 22.3. The zero-order chi connectivity index (χ0) is 21.0. The van der Waals surface area contributed by atoms with Gasteiger partial charge in [-0.2, -0.15) is 0 Å². The van der Waals surface area contributed by atoms with Gasteiger partial charge in [-0.15, -0.1) is 6.58 Å². The zero-order valence-corrected chi connectivity index (χ0v) is 18.7. The monoisotopic (exact) mass is 396 g/mol. The molecule has 28 heavy (non-hydrogen) atoms. The fraction of sp³-hybridized carbons (Fsp3) is 0.400. The molecule has 2 aromatic carbocycles. The Balaban J connectivity index is 2.76. The lowest BCUT2D eigenvalue weighted by atomic mass is 9.89. The van der Waals surface area contributed by atoms with Crippen LogP contribution in [0.3, 0.4) is 0 Å². The highest BCUT2D eigenvalue weighted by atomic mass is 32.2. The number of Topliss-reactive ketones (excluding diaryl/α,β-unsaturated/α-hetero) is 1. The molecule has 0 heterocycles. The molecule has 1 atom stereocenters. The van der Waals surface area contributed by atoms with Gasteiger partial charge in [0.05, 0.1) is 20.6 Å². The van der Waals surface area contributed by atoms with Gasteiger partial charge in [-0.1, -0.05) is 78.0 Å². The average Bonchev–Trinajstić information content (AvgIpc) is 2.66. The van der Waals surface area contributed by atoms with E-state index in [-0.39, 0.29) is 24.0 Å². The second-order valence-electron chi connectivity index (χ2n) is 8.17. The Hall–Kier alpha value is -2.00. The molecular weight excluding hydrogens is 364 g/mol. The largest absolute Gasteiger partial charge is 0.294 e. The Morgan fingerprint density at radius 3 is 1.96 bits per heavy atom. The number of carbonyl (C=O) groups is 1. The molecule has 0 saturated heterocycles. The van der Waals surface area contributed by atoms with Crippen molar-refractivity contribution in [1.82, 2.24) is 0 Å². The third kappa shape index (κ3) is 4.70. The highest BCUT2D eigenvalue weighted by Gasteiger charge is 2.24. The number of ketones is 1. The summed E-state index contributed by atoms with van der Waals surface area (Å²) in [5.74, 6) is 0.839. The summed E-state index contributed by atoms with van der Waals surface area (Å²) in [5, 5.41) is 0. The molecular formula is C25H32O2S. The van der Waals surface area contributed by atoms with E-state index in [1.807, 2.05) is 18.2 Å². The van der Waals surface area contributed by atoms with Gasteiger partial charge in [-0.25, -0.2) is 4.21 Å². The van der Waals surface area contributed by atoms with Gasteiger partial charge >= 0.3 is 0 Å². The maximum atomic E-state index is 13.8. The topological polar surface area (TPSA) is 34.1 Å². The van der Waals surface area contributed by atoms with E-state index in [1.165, 1.54) is 5.56 Å². The van der Waals surface area contributed by atoms with Crippen LogP contribution in [0.1, 0.15) is 92.8 Å². The Morgan fingerprint density at radius 2 is 1.50 bits per heavy atom. The summed E-state index contributed by atoms with van der Waals surface area (Å²) in [7, 11) is -1.42. The molecule has 2 aromatic rings. The maximum Gasteiger partial charge on any atom is 0.167 e. The zero-order valence-electron chi connectivity index (χ0n) is 17.9. The third-order valence-corrected chi connectivity index (χ3v) is 6.58. The van der Waals surface area contributed by atoms with Crippen molar-refractivity contribution in [3.8, 4) is 0 Å². The van der Waals surface area contributed by atoms with E-state index < -0.39 is 10.8 Å². The quantitative estimate of drug-likeness (QED) is 0.356. The van der Waals surface area contributed by atoms with Gasteiger partial charge in [0.25, 0.3) is 0 Å². The van der Waals surface area contributed by atoms with Gasteiger partial charge < -0.3 is 0 Å². The van der Waals surface area contributed by atoms with Gasteiger partial charge in [0.2, 0.25) is 0 Å². The third-order valence-electron chi connectivity index (χ3n) is 4.98. The van der Waals surface area contributed by atoms with E-state index >= 15 is 0 Å². The van der Waals surface area contributed by atoms with Crippen molar-refractivity contribution >= 4 is 16.6 Å². The fourth-order valence-corrected chi connectivity index (χ4v) is 5.13. The first-order valence-electron chi connectivity index (χ1n) is 10.0. The molecule has 2 rings (SSSR count). The smallest absolute Gasteiger partial charge is 0.167 e. The second kappa shape index (κ2) is 9.47. The molecule has 0 saturated carbocycles. The van der Waals surface area contributed by atoms with Crippen LogP contribution < -0.4 is 0 Å². The molecule has 0 N–H and O–H groups in total. The molecule has 0 spiro atoms. The van der Waals surface area contributed by atoms with Crippen LogP contribution in [0.25, 0.3) is 0 Å². The first-order valence-corrected chi connectivity index (χ1v) is 11.2. The molecule has 0 aliphatic rings. The molecule has 0 aromatic heterocycles. The van der Waals surface area contributed by atoms with Crippen LogP contribution in [0.15, 0.2) is 58.8 Å². The van der Waals surface area contributed by atoms with E-state index in [9.17, 15) is 9.00 Å². The lowest BCUT2D eigenvalue weighted by Gasteiger charge is -2.23. The molecule has 0 radical (unpaired) electrons. The predicted octanol–water partition coefficient (Wildman–Crippen LogP) is 6.98. The van der Waals surface area contributed by atoms with Crippen molar-refractivity contribution in [2.75, 3.05) is 0 Å². The molecule has 2 nitrogen and oxygen atoms in total. The van der Waals surface area contributed by atoms with Crippen molar-refractivity contribution < 1.29 is 9.00 Å². The molecule has 1 unspecified atom stereocenters. The van der Waals surface area contributed by atoms with Crippen LogP contribution in [0.5, 0.6) is 0 Å².